The molecule has 0 aromatic heterocycles. The molecule has 1 aliphatic carbocycles. The van der Waals surface area contributed by atoms with E-state index in [-0.39, 0.29) is 6.54 Å². The molecule has 2 atom stereocenters. The van der Waals surface area contributed by atoms with Gasteiger partial charge < -0.3 is 5.11 Å². The summed E-state index contributed by atoms with van der Waals surface area (Å²) in [6.07, 6.45) is 3.41. The number of nitrogens with zero attached hydrogens (tertiary/aromatic N) is 1. The van der Waals surface area contributed by atoms with Crippen LogP contribution in [0.3, 0.4) is 0 Å². The van der Waals surface area contributed by atoms with Crippen molar-refractivity contribution in [2.24, 2.45) is 16.9 Å². The molecule has 2 N–H and O–H groups in total. The van der Waals surface area contributed by atoms with Gasteiger partial charge in [-0.1, -0.05) is 13.8 Å². The van der Waals surface area contributed by atoms with Crippen molar-refractivity contribution in [3.05, 3.63) is 0 Å². The molecule has 4 nitrogen and oxygen atoms in total. The Labute approximate surface area is 84.4 Å². The number of carboxylic acid groups (broad SMARTS) is 1. The van der Waals surface area contributed by atoms with Gasteiger partial charge in [-0.2, -0.15) is 5.10 Å². The lowest BCUT2D eigenvalue weighted by molar-refractivity contribution is -0.135. The fraction of sp³-hybridized carbons (Fsp3) is 0.800. The molecular weight excluding hydrogens is 180 g/mol. The second-order valence-corrected chi connectivity index (χ2v) is 3.99. The lowest BCUT2D eigenvalue weighted by atomic mass is 9.80. The smallest absolute Gasteiger partial charge is 0.324 e. The molecule has 1 saturated carbocycles. The van der Waals surface area contributed by atoms with Crippen LogP contribution >= 0.6 is 0 Å². The largest absolute Gasteiger partial charge is 0.480 e. The third kappa shape index (κ3) is 3.01. The maximum absolute atomic E-state index is 10.3. The van der Waals surface area contributed by atoms with Crippen LogP contribution in [0.4, 0.5) is 0 Å². The fourth-order valence-electron chi connectivity index (χ4n) is 1.78. The third-order valence-corrected chi connectivity index (χ3v) is 2.92. The Balaban J connectivity index is 2.44. The predicted octanol–water partition coefficient (Wildman–Crippen LogP) is 1.47. The molecule has 0 aromatic carbocycles. The summed E-state index contributed by atoms with van der Waals surface area (Å²) in [5.41, 5.74) is 3.71. The molecule has 1 rings (SSSR count). The summed E-state index contributed by atoms with van der Waals surface area (Å²) in [6, 6.07) is 0. The number of hydrogen-bond acceptors (Lipinski definition) is 3. The second-order valence-electron chi connectivity index (χ2n) is 3.99. The van der Waals surface area contributed by atoms with Crippen molar-refractivity contribution in [3.63, 3.8) is 0 Å². The van der Waals surface area contributed by atoms with Crippen LogP contribution in [0.15, 0.2) is 5.10 Å². The van der Waals surface area contributed by atoms with Gasteiger partial charge in [0.25, 0.3) is 0 Å². The van der Waals surface area contributed by atoms with Gasteiger partial charge in [0.2, 0.25) is 0 Å². The molecule has 0 saturated heterocycles. The first kappa shape index (κ1) is 11.0. The van der Waals surface area contributed by atoms with E-state index < -0.39 is 5.97 Å². The van der Waals surface area contributed by atoms with Crippen LogP contribution in [0.2, 0.25) is 0 Å². The highest BCUT2D eigenvalue weighted by atomic mass is 16.4. The maximum Gasteiger partial charge on any atom is 0.324 e. The van der Waals surface area contributed by atoms with Crippen LogP contribution in [0, 0.1) is 11.8 Å². The van der Waals surface area contributed by atoms with E-state index >= 15 is 0 Å². The van der Waals surface area contributed by atoms with Crippen LogP contribution < -0.4 is 5.43 Å². The Hall–Kier alpha value is -1.06. The van der Waals surface area contributed by atoms with E-state index in [9.17, 15) is 4.79 Å². The molecule has 0 aromatic rings. The summed E-state index contributed by atoms with van der Waals surface area (Å²) in [5, 5.41) is 12.6. The predicted molar refractivity (Wildman–Crippen MR) is 55.3 cm³/mol. The number of carboxylic acids is 1. The molecule has 80 valence electrons. The Morgan fingerprint density at radius 3 is 3.00 bits per heavy atom. The summed E-state index contributed by atoms with van der Waals surface area (Å²) in [4.78, 5) is 10.3. The average Bonchev–Trinajstić information content (AvgIpc) is 2.12. The number of hydrazone groups is 1. The van der Waals surface area contributed by atoms with E-state index in [1.165, 1.54) is 12.8 Å². The molecular formula is C10H18N2O2. The van der Waals surface area contributed by atoms with E-state index in [1.54, 1.807) is 0 Å². The van der Waals surface area contributed by atoms with E-state index in [0.29, 0.717) is 11.8 Å². The lowest BCUT2D eigenvalue weighted by Crippen LogP contribution is -2.27. The van der Waals surface area contributed by atoms with Crippen LogP contribution in [0.25, 0.3) is 0 Å². The highest BCUT2D eigenvalue weighted by Crippen LogP contribution is 2.26. The van der Waals surface area contributed by atoms with Gasteiger partial charge in [0, 0.05) is 5.71 Å². The molecule has 0 heterocycles. The van der Waals surface area contributed by atoms with Gasteiger partial charge in [0.15, 0.2) is 0 Å². The summed E-state index contributed by atoms with van der Waals surface area (Å²) < 4.78 is 0. The first-order valence-corrected chi connectivity index (χ1v) is 5.12. The van der Waals surface area contributed by atoms with Crippen LogP contribution in [0.1, 0.15) is 33.1 Å². The molecule has 4 heteroatoms. The SMILES string of the molecule is CC1CCC/C(=N\NCC(=O)O)C1C. The lowest BCUT2D eigenvalue weighted by Gasteiger charge is -2.26. The van der Waals surface area contributed by atoms with Gasteiger partial charge in [-0.15, -0.1) is 0 Å². The summed E-state index contributed by atoms with van der Waals surface area (Å²) in [5.74, 6) is 0.269. The first-order valence-electron chi connectivity index (χ1n) is 5.12. The molecule has 0 radical (unpaired) electrons. The highest BCUT2D eigenvalue weighted by molar-refractivity contribution is 5.87. The zero-order chi connectivity index (χ0) is 10.6. The van der Waals surface area contributed by atoms with Gasteiger partial charge in [0.05, 0.1) is 0 Å². The van der Waals surface area contributed by atoms with Gasteiger partial charge in [0.1, 0.15) is 6.54 Å². The monoisotopic (exact) mass is 198 g/mol. The van der Waals surface area contributed by atoms with Gasteiger partial charge in [-0.3, -0.25) is 10.2 Å². The van der Waals surface area contributed by atoms with E-state index in [2.05, 4.69) is 24.4 Å². The number of hydrogen-bond donors (Lipinski definition) is 2. The van der Waals surface area contributed by atoms with Crippen molar-refractivity contribution in [2.45, 2.75) is 33.1 Å². The summed E-state index contributed by atoms with van der Waals surface area (Å²) in [6.45, 7) is 4.28. The Morgan fingerprint density at radius 2 is 2.36 bits per heavy atom. The average molecular weight is 198 g/mol. The van der Waals surface area contributed by atoms with Crippen molar-refractivity contribution in [3.8, 4) is 0 Å². The van der Waals surface area contributed by atoms with Gasteiger partial charge in [-0.05, 0) is 31.1 Å². The second kappa shape index (κ2) is 4.98. The van der Waals surface area contributed by atoms with E-state index in [4.69, 9.17) is 5.11 Å². The first-order chi connectivity index (χ1) is 6.61. The molecule has 0 amide bonds. The van der Waals surface area contributed by atoms with Crippen LogP contribution in [0.5, 0.6) is 0 Å². The molecule has 0 bridgehead atoms. The molecule has 0 aliphatic heterocycles. The zero-order valence-electron chi connectivity index (χ0n) is 8.79. The molecule has 0 spiro atoms. The van der Waals surface area contributed by atoms with Crippen molar-refractivity contribution in [2.75, 3.05) is 6.54 Å². The minimum atomic E-state index is -0.870. The number of aliphatic carboxylic acids is 1. The van der Waals surface area contributed by atoms with Gasteiger partial charge in [-0.25, -0.2) is 0 Å². The van der Waals surface area contributed by atoms with E-state index in [0.717, 1.165) is 12.1 Å². The Kier molecular flexibility index (Phi) is 3.92. The van der Waals surface area contributed by atoms with Crippen molar-refractivity contribution in [1.29, 1.82) is 0 Å². The number of carbonyl (C=O) groups is 1. The summed E-state index contributed by atoms with van der Waals surface area (Å²) in [7, 11) is 0. The minimum absolute atomic E-state index is 0.0927. The van der Waals surface area contributed by atoms with E-state index in [1.807, 2.05) is 0 Å². The Bertz CT molecular complexity index is 238. The summed E-state index contributed by atoms with van der Waals surface area (Å²) >= 11 is 0. The van der Waals surface area contributed by atoms with Crippen LogP contribution in [-0.2, 0) is 4.79 Å². The molecule has 14 heavy (non-hydrogen) atoms. The topological polar surface area (TPSA) is 61.7 Å². The minimum Gasteiger partial charge on any atom is -0.480 e. The van der Waals surface area contributed by atoms with Crippen LogP contribution in [-0.4, -0.2) is 23.3 Å². The van der Waals surface area contributed by atoms with Crippen molar-refractivity contribution in [1.82, 2.24) is 5.43 Å². The highest BCUT2D eigenvalue weighted by Gasteiger charge is 2.22. The van der Waals surface area contributed by atoms with Crippen molar-refractivity contribution < 1.29 is 9.90 Å². The van der Waals surface area contributed by atoms with Crippen molar-refractivity contribution >= 4 is 11.7 Å². The Morgan fingerprint density at radius 1 is 1.64 bits per heavy atom. The quantitative estimate of drug-likeness (QED) is 0.675. The normalized spacial score (nSPS) is 30.3. The number of rotatable bonds is 3. The van der Waals surface area contributed by atoms with Gasteiger partial charge >= 0.3 is 5.97 Å². The zero-order valence-corrected chi connectivity index (χ0v) is 8.79. The molecule has 1 fully saturated rings. The third-order valence-electron chi connectivity index (χ3n) is 2.92. The molecule has 1 aliphatic rings. The maximum atomic E-state index is 10.3. The molecule has 2 unspecified atom stereocenters. The fourth-order valence-corrected chi connectivity index (χ4v) is 1.78. The standard InChI is InChI=1S/C10H18N2O2/c1-7-4-3-5-9(8(7)2)12-11-6-10(13)14/h7-8,11H,3-6H2,1-2H3,(H,13,14)/b12-9+. The number of nitrogens with one attached hydrogen (secondary N) is 1.